The Morgan fingerprint density at radius 2 is 2.25 bits per heavy atom. The molecule has 5 heteroatoms. The van der Waals surface area contributed by atoms with Crippen molar-refractivity contribution in [1.82, 2.24) is 10.3 Å². The molecule has 1 fully saturated rings. The Hall–Kier alpha value is -0.620. The molecule has 0 saturated carbocycles. The van der Waals surface area contributed by atoms with Gasteiger partial charge in [0.1, 0.15) is 0 Å². The molecule has 112 valence electrons. The Morgan fingerprint density at radius 1 is 1.45 bits per heavy atom. The topological polar surface area (TPSA) is 43.4 Å². The smallest absolute Gasteiger partial charge is 0.0991 e. The molecule has 2 heterocycles. The molecule has 0 aliphatic carbocycles. The van der Waals surface area contributed by atoms with E-state index in [0.717, 1.165) is 50.8 Å². The van der Waals surface area contributed by atoms with E-state index in [9.17, 15) is 0 Å². The summed E-state index contributed by atoms with van der Waals surface area (Å²) in [6, 6.07) is 2.23. The van der Waals surface area contributed by atoms with Crippen molar-refractivity contribution in [2.45, 2.75) is 36.6 Å². The van der Waals surface area contributed by atoms with Crippen LogP contribution in [0.4, 0.5) is 0 Å². The summed E-state index contributed by atoms with van der Waals surface area (Å²) in [4.78, 5) is 4.62. The van der Waals surface area contributed by atoms with E-state index >= 15 is 0 Å². The molecule has 2 rings (SSSR count). The van der Waals surface area contributed by atoms with Gasteiger partial charge in [-0.05, 0) is 30.9 Å². The van der Waals surface area contributed by atoms with Crippen LogP contribution in [0.25, 0.3) is 0 Å². The molecule has 1 aromatic heterocycles. The van der Waals surface area contributed by atoms with Crippen LogP contribution in [-0.2, 0) is 16.0 Å². The van der Waals surface area contributed by atoms with Crippen LogP contribution in [-0.4, -0.2) is 43.7 Å². The van der Waals surface area contributed by atoms with E-state index in [1.807, 2.05) is 18.0 Å². The molecule has 0 bridgehead atoms. The lowest BCUT2D eigenvalue weighted by Gasteiger charge is -2.21. The number of rotatable bonds is 7. The minimum absolute atomic E-state index is 0.653. The summed E-state index contributed by atoms with van der Waals surface area (Å²) >= 11 is 1.90. The highest BCUT2D eigenvalue weighted by atomic mass is 32.2. The second-order valence-corrected chi connectivity index (χ2v) is 6.35. The van der Waals surface area contributed by atoms with E-state index in [0.29, 0.717) is 5.25 Å². The number of ether oxygens (including phenoxy) is 2. The van der Waals surface area contributed by atoms with Crippen LogP contribution in [0.3, 0.4) is 0 Å². The number of methoxy groups -OCH3 is 1. The summed E-state index contributed by atoms with van der Waals surface area (Å²) in [6.07, 6.45) is 4.24. The lowest BCUT2D eigenvalue weighted by Crippen LogP contribution is -2.19. The highest BCUT2D eigenvalue weighted by Crippen LogP contribution is 2.30. The number of pyridine rings is 1. The Labute approximate surface area is 125 Å². The van der Waals surface area contributed by atoms with E-state index in [1.165, 1.54) is 11.1 Å². The SMILES string of the molecule is COCCNCc1cnc(SC2CCOCC2)c(C)c1. The van der Waals surface area contributed by atoms with Crippen LogP contribution < -0.4 is 5.32 Å². The van der Waals surface area contributed by atoms with Crippen LogP contribution in [0.5, 0.6) is 0 Å². The third-order valence-corrected chi connectivity index (χ3v) is 4.80. The molecule has 1 N–H and O–H groups in total. The molecule has 1 saturated heterocycles. The molecule has 0 amide bonds. The molecule has 20 heavy (non-hydrogen) atoms. The van der Waals surface area contributed by atoms with Crippen molar-refractivity contribution in [1.29, 1.82) is 0 Å². The monoisotopic (exact) mass is 296 g/mol. The maximum atomic E-state index is 5.40. The van der Waals surface area contributed by atoms with Gasteiger partial charge in [0.05, 0.1) is 11.6 Å². The van der Waals surface area contributed by atoms with Crippen LogP contribution in [0.2, 0.25) is 0 Å². The summed E-state index contributed by atoms with van der Waals surface area (Å²) in [5, 5.41) is 5.16. The van der Waals surface area contributed by atoms with Gasteiger partial charge in [-0.3, -0.25) is 0 Å². The molecule has 0 aromatic carbocycles. The van der Waals surface area contributed by atoms with E-state index in [2.05, 4.69) is 23.3 Å². The fraction of sp³-hybridized carbons (Fsp3) is 0.667. The van der Waals surface area contributed by atoms with Gasteiger partial charge in [-0.2, -0.15) is 0 Å². The molecule has 0 radical (unpaired) electrons. The van der Waals surface area contributed by atoms with Crippen molar-refractivity contribution >= 4 is 11.8 Å². The normalized spacial score (nSPS) is 16.5. The largest absolute Gasteiger partial charge is 0.383 e. The van der Waals surface area contributed by atoms with Crippen LogP contribution in [0, 0.1) is 6.92 Å². The lowest BCUT2D eigenvalue weighted by molar-refractivity contribution is 0.1000. The average molecular weight is 296 g/mol. The molecule has 1 aliphatic heterocycles. The zero-order valence-corrected chi connectivity index (χ0v) is 13.2. The van der Waals surface area contributed by atoms with Gasteiger partial charge < -0.3 is 14.8 Å². The van der Waals surface area contributed by atoms with Crippen LogP contribution in [0.15, 0.2) is 17.3 Å². The summed E-state index contributed by atoms with van der Waals surface area (Å²) in [5.74, 6) is 0. The maximum absolute atomic E-state index is 5.40. The quantitative estimate of drug-likeness (QED) is 0.783. The van der Waals surface area contributed by atoms with Crippen molar-refractivity contribution in [3.63, 3.8) is 0 Å². The molecule has 1 aromatic rings. The average Bonchev–Trinajstić information content (AvgIpc) is 2.47. The fourth-order valence-electron chi connectivity index (χ4n) is 2.20. The predicted octanol–water partition coefficient (Wildman–Crippen LogP) is 2.40. The van der Waals surface area contributed by atoms with Gasteiger partial charge in [0.25, 0.3) is 0 Å². The van der Waals surface area contributed by atoms with Crippen molar-refractivity contribution in [3.05, 3.63) is 23.4 Å². The number of aryl methyl sites for hydroxylation is 1. The standard InChI is InChI=1S/C15H24N2O2S/c1-12-9-13(10-16-5-8-18-2)11-17-15(12)20-14-3-6-19-7-4-14/h9,11,14,16H,3-8,10H2,1-2H3. The second-order valence-electron chi connectivity index (χ2n) is 5.06. The zero-order valence-electron chi connectivity index (χ0n) is 12.4. The van der Waals surface area contributed by atoms with E-state index in [1.54, 1.807) is 7.11 Å². The van der Waals surface area contributed by atoms with Gasteiger partial charge in [0.2, 0.25) is 0 Å². The lowest BCUT2D eigenvalue weighted by atomic mass is 10.2. The number of hydrogen-bond donors (Lipinski definition) is 1. The van der Waals surface area contributed by atoms with Crippen LogP contribution >= 0.6 is 11.8 Å². The minimum atomic E-state index is 0.653. The molecular formula is C15H24N2O2S. The molecular weight excluding hydrogens is 272 g/mol. The first kappa shape index (κ1) is 15.8. The van der Waals surface area contributed by atoms with Gasteiger partial charge in [0.15, 0.2) is 0 Å². The Balaban J connectivity index is 1.85. The van der Waals surface area contributed by atoms with Crippen molar-refractivity contribution in [2.24, 2.45) is 0 Å². The molecule has 4 nitrogen and oxygen atoms in total. The van der Waals surface area contributed by atoms with E-state index < -0.39 is 0 Å². The number of thioether (sulfide) groups is 1. The maximum Gasteiger partial charge on any atom is 0.0991 e. The van der Waals surface area contributed by atoms with Gasteiger partial charge >= 0.3 is 0 Å². The highest BCUT2D eigenvalue weighted by Gasteiger charge is 2.16. The molecule has 0 unspecified atom stereocenters. The van der Waals surface area contributed by atoms with Gasteiger partial charge in [-0.15, -0.1) is 11.8 Å². The van der Waals surface area contributed by atoms with Crippen molar-refractivity contribution in [3.8, 4) is 0 Å². The molecule has 0 atom stereocenters. The van der Waals surface area contributed by atoms with Gasteiger partial charge in [0, 0.05) is 44.9 Å². The fourth-order valence-corrected chi connectivity index (χ4v) is 3.30. The molecule has 0 spiro atoms. The third-order valence-electron chi connectivity index (χ3n) is 3.35. The first-order valence-electron chi connectivity index (χ1n) is 7.19. The number of aromatic nitrogens is 1. The van der Waals surface area contributed by atoms with Crippen molar-refractivity contribution < 1.29 is 9.47 Å². The Morgan fingerprint density at radius 3 is 2.95 bits per heavy atom. The van der Waals surface area contributed by atoms with E-state index in [4.69, 9.17) is 9.47 Å². The third kappa shape index (κ3) is 5.05. The first-order valence-corrected chi connectivity index (χ1v) is 8.07. The van der Waals surface area contributed by atoms with Crippen molar-refractivity contribution in [2.75, 3.05) is 33.5 Å². The number of hydrogen-bond acceptors (Lipinski definition) is 5. The Bertz CT molecular complexity index is 409. The summed E-state index contributed by atoms with van der Waals surface area (Å²) in [6.45, 7) is 6.38. The minimum Gasteiger partial charge on any atom is -0.383 e. The number of nitrogens with zero attached hydrogens (tertiary/aromatic N) is 1. The summed E-state index contributed by atoms with van der Waals surface area (Å²) in [5.41, 5.74) is 2.50. The zero-order chi connectivity index (χ0) is 14.2. The number of nitrogens with one attached hydrogen (secondary N) is 1. The molecule has 1 aliphatic rings. The first-order chi connectivity index (χ1) is 9.79. The van der Waals surface area contributed by atoms with Gasteiger partial charge in [-0.1, -0.05) is 6.07 Å². The van der Waals surface area contributed by atoms with Crippen LogP contribution in [0.1, 0.15) is 24.0 Å². The van der Waals surface area contributed by atoms with E-state index in [-0.39, 0.29) is 0 Å². The summed E-state index contributed by atoms with van der Waals surface area (Å²) in [7, 11) is 1.72. The predicted molar refractivity (Wildman–Crippen MR) is 82.3 cm³/mol. The van der Waals surface area contributed by atoms with Gasteiger partial charge in [-0.25, -0.2) is 4.98 Å². The highest BCUT2D eigenvalue weighted by molar-refractivity contribution is 7.99. The Kier molecular flexibility index (Phi) is 6.79. The second kappa shape index (κ2) is 8.62. The summed E-state index contributed by atoms with van der Waals surface area (Å²) < 4.78 is 10.4.